The number of nitrogens with two attached hydrogens (primary N) is 2. The average Bonchev–Trinajstić information content (AvgIpc) is 2.43. The first-order valence-electron chi connectivity index (χ1n) is 5.65. The molecule has 112 valence electrons. The third kappa shape index (κ3) is 4.56. The zero-order valence-electron chi connectivity index (χ0n) is 11.1. The van der Waals surface area contributed by atoms with Crippen molar-refractivity contribution >= 4 is 41.6 Å². The fourth-order valence-corrected chi connectivity index (χ4v) is 1.46. The lowest BCUT2D eigenvalue weighted by Crippen LogP contribution is -2.19. The Labute approximate surface area is 119 Å². The molecule has 10 heteroatoms. The van der Waals surface area contributed by atoms with Crippen LogP contribution < -0.4 is 27.9 Å². The van der Waals surface area contributed by atoms with E-state index in [0.29, 0.717) is 0 Å². The molecule has 0 saturated heterocycles. The number of anilines is 1. The first-order valence-corrected chi connectivity index (χ1v) is 5.65. The number of hydrazine groups is 2. The predicted molar refractivity (Wildman–Crippen MR) is 78.7 cm³/mol. The number of carboxylic acids is 1. The van der Waals surface area contributed by atoms with Gasteiger partial charge in [-0.1, -0.05) is 0 Å². The van der Waals surface area contributed by atoms with Crippen molar-refractivity contribution in [1.82, 2.24) is 10.9 Å². The molecule has 1 amide bonds. The molecule has 0 heterocycles. The molecule has 0 radical (unpaired) electrons. The van der Waals surface area contributed by atoms with E-state index in [4.69, 9.17) is 16.8 Å². The Morgan fingerprint density at radius 1 is 1.14 bits per heavy atom. The second-order valence-electron chi connectivity index (χ2n) is 3.73. The van der Waals surface area contributed by atoms with Crippen LogP contribution in [0.25, 0.3) is 0 Å². The summed E-state index contributed by atoms with van der Waals surface area (Å²) in [6, 6.07) is 2.55. The molecule has 0 unspecified atom stereocenters. The summed E-state index contributed by atoms with van der Waals surface area (Å²) in [5, 5.41) is 11.6. The third-order valence-corrected chi connectivity index (χ3v) is 2.20. The van der Waals surface area contributed by atoms with Crippen LogP contribution in [0.5, 0.6) is 0 Å². The second kappa shape index (κ2) is 7.57. The SMILES string of the molecule is CC(=O)Nc1c(N=CNN)cc(C(=O)O)cc1N=CNN. The minimum absolute atomic E-state index is 0.0579. The van der Waals surface area contributed by atoms with Gasteiger partial charge >= 0.3 is 5.97 Å². The van der Waals surface area contributed by atoms with Crippen LogP contribution in [0.2, 0.25) is 0 Å². The molecule has 21 heavy (non-hydrogen) atoms. The monoisotopic (exact) mass is 293 g/mol. The van der Waals surface area contributed by atoms with Gasteiger partial charge in [0.05, 0.1) is 22.6 Å². The van der Waals surface area contributed by atoms with Gasteiger partial charge in [0.2, 0.25) is 5.91 Å². The van der Waals surface area contributed by atoms with E-state index in [-0.39, 0.29) is 28.5 Å². The molecule has 1 rings (SSSR count). The van der Waals surface area contributed by atoms with Crippen molar-refractivity contribution in [2.45, 2.75) is 6.92 Å². The van der Waals surface area contributed by atoms with Crippen LogP contribution in [-0.2, 0) is 4.79 Å². The highest BCUT2D eigenvalue weighted by atomic mass is 16.4. The number of benzene rings is 1. The summed E-state index contributed by atoms with van der Waals surface area (Å²) in [7, 11) is 0. The van der Waals surface area contributed by atoms with Gasteiger partial charge in [-0.3, -0.25) is 4.79 Å². The number of nitrogens with one attached hydrogen (secondary N) is 3. The van der Waals surface area contributed by atoms with Crippen LogP contribution in [-0.4, -0.2) is 29.7 Å². The molecule has 8 N–H and O–H groups in total. The number of hydrogen-bond acceptors (Lipinski definition) is 6. The molecule has 10 nitrogen and oxygen atoms in total. The Hall–Kier alpha value is -2.98. The van der Waals surface area contributed by atoms with Gasteiger partial charge in [0.1, 0.15) is 12.7 Å². The molecule has 0 fully saturated rings. The van der Waals surface area contributed by atoms with Crippen LogP contribution >= 0.6 is 0 Å². The fourth-order valence-electron chi connectivity index (χ4n) is 1.46. The summed E-state index contributed by atoms with van der Waals surface area (Å²) in [5.41, 5.74) is 4.89. The minimum Gasteiger partial charge on any atom is -0.478 e. The van der Waals surface area contributed by atoms with Crippen molar-refractivity contribution in [3.05, 3.63) is 17.7 Å². The summed E-state index contributed by atoms with van der Waals surface area (Å²) in [4.78, 5) is 30.2. The summed E-state index contributed by atoms with van der Waals surface area (Å²) < 4.78 is 0. The molecular weight excluding hydrogens is 278 g/mol. The maximum atomic E-state index is 11.3. The van der Waals surface area contributed by atoms with Gasteiger partial charge in [0.15, 0.2) is 0 Å². The third-order valence-electron chi connectivity index (χ3n) is 2.20. The van der Waals surface area contributed by atoms with E-state index in [1.54, 1.807) is 0 Å². The van der Waals surface area contributed by atoms with E-state index >= 15 is 0 Å². The van der Waals surface area contributed by atoms with Crippen molar-refractivity contribution in [2.24, 2.45) is 21.7 Å². The average molecular weight is 293 g/mol. The molecule has 1 aromatic rings. The Morgan fingerprint density at radius 2 is 1.62 bits per heavy atom. The van der Waals surface area contributed by atoms with E-state index in [1.807, 2.05) is 0 Å². The van der Waals surface area contributed by atoms with Crippen LogP contribution in [0.3, 0.4) is 0 Å². The predicted octanol–water partition coefficient (Wildman–Crippen LogP) is -0.411. The van der Waals surface area contributed by atoms with Crippen LogP contribution in [0.4, 0.5) is 17.1 Å². The largest absolute Gasteiger partial charge is 0.478 e. The van der Waals surface area contributed by atoms with Gasteiger partial charge < -0.3 is 21.3 Å². The standard InChI is InChI=1S/C11H15N7O3/c1-6(19)18-10-8(14-4-16-12)2-7(11(20)21)3-9(10)15-5-17-13/h2-5H,12-13H2,1H3,(H,14,16)(H,15,17)(H,18,19)(H,20,21). The van der Waals surface area contributed by atoms with Gasteiger partial charge in [0, 0.05) is 6.92 Å². The highest BCUT2D eigenvalue weighted by molar-refractivity contribution is 6.01. The fraction of sp³-hybridized carbons (Fsp3) is 0.0909. The van der Waals surface area contributed by atoms with Crippen LogP contribution in [0.15, 0.2) is 22.1 Å². The molecule has 0 spiro atoms. The number of aliphatic imine (C=N–C) groups is 2. The number of amides is 1. The summed E-state index contributed by atoms with van der Waals surface area (Å²) in [6.07, 6.45) is 2.28. The highest BCUT2D eigenvalue weighted by Crippen LogP contribution is 2.36. The van der Waals surface area contributed by atoms with Crippen molar-refractivity contribution < 1.29 is 14.7 Å². The second-order valence-corrected chi connectivity index (χ2v) is 3.73. The van der Waals surface area contributed by atoms with Crippen molar-refractivity contribution in [3.63, 3.8) is 0 Å². The number of nitrogens with zero attached hydrogens (tertiary/aromatic N) is 2. The van der Waals surface area contributed by atoms with E-state index < -0.39 is 5.97 Å². The number of carboxylic acid groups (broad SMARTS) is 1. The van der Waals surface area contributed by atoms with Gasteiger partial charge in [-0.15, -0.1) is 0 Å². The number of aromatic carboxylic acids is 1. The van der Waals surface area contributed by atoms with Crippen molar-refractivity contribution in [1.29, 1.82) is 0 Å². The molecule has 0 saturated carbocycles. The van der Waals surface area contributed by atoms with Gasteiger partial charge in [-0.2, -0.15) is 0 Å². The number of carbonyl (C=O) groups is 2. The van der Waals surface area contributed by atoms with Gasteiger partial charge in [-0.25, -0.2) is 26.5 Å². The smallest absolute Gasteiger partial charge is 0.335 e. The normalized spacial score (nSPS) is 10.8. The van der Waals surface area contributed by atoms with Gasteiger partial charge in [0.25, 0.3) is 0 Å². The Bertz CT molecular complexity index is 562. The highest BCUT2D eigenvalue weighted by Gasteiger charge is 2.14. The van der Waals surface area contributed by atoms with Crippen LogP contribution in [0.1, 0.15) is 17.3 Å². The number of carbonyl (C=O) groups excluding carboxylic acids is 1. The van der Waals surface area contributed by atoms with E-state index in [9.17, 15) is 9.59 Å². The minimum atomic E-state index is -1.17. The molecule has 0 bridgehead atoms. The number of hydrogen-bond donors (Lipinski definition) is 6. The van der Waals surface area contributed by atoms with E-state index in [2.05, 4.69) is 26.2 Å². The zero-order valence-corrected chi connectivity index (χ0v) is 11.1. The Balaban J connectivity index is 3.50. The van der Waals surface area contributed by atoms with E-state index in [0.717, 1.165) is 12.7 Å². The van der Waals surface area contributed by atoms with Crippen LogP contribution in [0, 0.1) is 0 Å². The maximum Gasteiger partial charge on any atom is 0.335 e. The molecule has 0 aliphatic heterocycles. The summed E-state index contributed by atoms with van der Waals surface area (Å²) in [5.74, 6) is 8.63. The quantitative estimate of drug-likeness (QED) is 0.179. The maximum absolute atomic E-state index is 11.3. The first-order chi connectivity index (χ1) is 9.99. The van der Waals surface area contributed by atoms with Gasteiger partial charge in [-0.05, 0) is 12.1 Å². The lowest BCUT2D eigenvalue weighted by Gasteiger charge is -2.11. The topological polar surface area (TPSA) is 167 Å². The first kappa shape index (κ1) is 16.1. The molecule has 0 atom stereocenters. The Morgan fingerprint density at radius 3 is 1.95 bits per heavy atom. The molecule has 1 aromatic carbocycles. The lowest BCUT2D eigenvalue weighted by molar-refractivity contribution is -0.114. The molecule has 0 aliphatic carbocycles. The van der Waals surface area contributed by atoms with Crippen molar-refractivity contribution in [2.75, 3.05) is 5.32 Å². The summed E-state index contributed by atoms with van der Waals surface area (Å²) >= 11 is 0. The van der Waals surface area contributed by atoms with E-state index in [1.165, 1.54) is 19.1 Å². The Kier molecular flexibility index (Phi) is 5.80. The molecule has 0 aliphatic rings. The van der Waals surface area contributed by atoms with Crippen molar-refractivity contribution in [3.8, 4) is 0 Å². The number of rotatable bonds is 6. The molecular formula is C11H15N7O3. The summed E-state index contributed by atoms with van der Waals surface area (Å²) in [6.45, 7) is 1.30. The molecule has 0 aromatic heterocycles. The zero-order chi connectivity index (χ0) is 15.8. The lowest BCUT2D eigenvalue weighted by atomic mass is 10.1.